The maximum atomic E-state index is 13.1. The lowest BCUT2D eigenvalue weighted by Crippen LogP contribution is -2.23. The van der Waals surface area contributed by atoms with Gasteiger partial charge in [-0.1, -0.05) is 13.0 Å². The molecule has 4 nitrogen and oxygen atoms in total. The molecule has 1 heterocycles. The van der Waals surface area contributed by atoms with Gasteiger partial charge >= 0.3 is 0 Å². The summed E-state index contributed by atoms with van der Waals surface area (Å²) in [5, 5.41) is 13.5. The normalized spacial score (nSPS) is 12.6. The smallest absolute Gasteiger partial charge is 0.159 e. The Morgan fingerprint density at radius 1 is 1.33 bits per heavy atom. The van der Waals surface area contributed by atoms with E-state index >= 15 is 0 Å². The van der Waals surface area contributed by atoms with E-state index in [2.05, 4.69) is 20.7 Å². The summed E-state index contributed by atoms with van der Waals surface area (Å²) in [4.78, 5) is 0. The number of hydrogen-bond acceptors (Lipinski definition) is 3. The van der Waals surface area contributed by atoms with Gasteiger partial charge in [0.15, 0.2) is 11.6 Å². The first-order valence-corrected chi connectivity index (χ1v) is 5.73. The van der Waals surface area contributed by atoms with Crippen molar-refractivity contribution in [1.82, 2.24) is 20.7 Å². The van der Waals surface area contributed by atoms with Gasteiger partial charge in [0.25, 0.3) is 0 Å². The molecule has 2 aromatic rings. The van der Waals surface area contributed by atoms with E-state index in [4.69, 9.17) is 0 Å². The van der Waals surface area contributed by atoms with Crippen molar-refractivity contribution in [3.8, 4) is 0 Å². The molecule has 1 unspecified atom stereocenters. The third-order valence-electron chi connectivity index (χ3n) is 2.67. The fourth-order valence-electron chi connectivity index (χ4n) is 1.81. The van der Waals surface area contributed by atoms with E-state index in [0.29, 0.717) is 12.0 Å². The van der Waals surface area contributed by atoms with Crippen molar-refractivity contribution in [3.63, 3.8) is 0 Å². The summed E-state index contributed by atoms with van der Waals surface area (Å²) >= 11 is 0. The van der Waals surface area contributed by atoms with Crippen LogP contribution in [0.15, 0.2) is 24.4 Å². The van der Waals surface area contributed by atoms with Gasteiger partial charge < -0.3 is 5.32 Å². The first-order chi connectivity index (χ1) is 8.70. The van der Waals surface area contributed by atoms with Crippen molar-refractivity contribution in [1.29, 1.82) is 0 Å². The van der Waals surface area contributed by atoms with E-state index in [9.17, 15) is 8.78 Å². The number of nitrogens with zero attached hydrogens (tertiary/aromatic N) is 2. The zero-order valence-electron chi connectivity index (χ0n) is 9.95. The quantitative estimate of drug-likeness (QED) is 0.855. The Kier molecular flexibility index (Phi) is 3.99. The van der Waals surface area contributed by atoms with Crippen LogP contribution in [0.25, 0.3) is 0 Å². The van der Waals surface area contributed by atoms with Crippen LogP contribution in [0.5, 0.6) is 0 Å². The summed E-state index contributed by atoms with van der Waals surface area (Å²) in [5.74, 6) is -1.66. The Bertz CT molecular complexity index is 499. The number of benzene rings is 1. The Labute approximate surface area is 103 Å². The fourth-order valence-corrected chi connectivity index (χ4v) is 1.81. The minimum atomic E-state index is -0.833. The Morgan fingerprint density at radius 3 is 2.78 bits per heavy atom. The van der Waals surface area contributed by atoms with Crippen molar-refractivity contribution in [2.75, 3.05) is 6.54 Å². The highest BCUT2D eigenvalue weighted by molar-refractivity contribution is 5.20. The van der Waals surface area contributed by atoms with Crippen molar-refractivity contribution < 1.29 is 8.78 Å². The largest absolute Gasteiger partial charge is 0.309 e. The second-order valence-electron chi connectivity index (χ2n) is 3.96. The van der Waals surface area contributed by atoms with Crippen LogP contribution in [0.1, 0.15) is 24.2 Å². The highest BCUT2D eigenvalue weighted by Crippen LogP contribution is 2.17. The van der Waals surface area contributed by atoms with Gasteiger partial charge in [0.05, 0.1) is 17.9 Å². The molecule has 2 N–H and O–H groups in total. The lowest BCUT2D eigenvalue weighted by Gasteiger charge is -2.15. The van der Waals surface area contributed by atoms with E-state index in [1.165, 1.54) is 6.07 Å². The number of aromatic amines is 1. The molecule has 0 fully saturated rings. The molecule has 0 amide bonds. The molecule has 1 atom stereocenters. The van der Waals surface area contributed by atoms with E-state index in [0.717, 1.165) is 18.3 Å². The molecule has 1 aromatic carbocycles. The van der Waals surface area contributed by atoms with Gasteiger partial charge in [-0.2, -0.15) is 15.4 Å². The molecule has 2 rings (SSSR count). The molecule has 0 spiro atoms. The molecule has 0 saturated carbocycles. The maximum absolute atomic E-state index is 13.1. The number of aromatic nitrogens is 3. The summed E-state index contributed by atoms with van der Waals surface area (Å²) in [5.41, 5.74) is 1.46. The third kappa shape index (κ3) is 2.89. The van der Waals surface area contributed by atoms with Gasteiger partial charge in [0, 0.05) is 0 Å². The van der Waals surface area contributed by atoms with E-state index in [1.807, 2.05) is 6.92 Å². The number of nitrogens with one attached hydrogen (secondary N) is 2. The molecule has 0 saturated heterocycles. The minimum Gasteiger partial charge on any atom is -0.309 e. The predicted molar refractivity (Wildman–Crippen MR) is 62.9 cm³/mol. The molecule has 1 aromatic heterocycles. The zero-order valence-corrected chi connectivity index (χ0v) is 9.95. The molecule has 0 bridgehead atoms. The maximum Gasteiger partial charge on any atom is 0.159 e. The summed E-state index contributed by atoms with van der Waals surface area (Å²) in [6.07, 6.45) is 2.14. The van der Waals surface area contributed by atoms with Crippen molar-refractivity contribution in [2.24, 2.45) is 0 Å². The van der Waals surface area contributed by atoms with Crippen molar-refractivity contribution >= 4 is 0 Å². The van der Waals surface area contributed by atoms with Crippen LogP contribution in [-0.4, -0.2) is 22.0 Å². The van der Waals surface area contributed by atoms with E-state index in [1.54, 1.807) is 12.3 Å². The van der Waals surface area contributed by atoms with Gasteiger partial charge in [-0.05, 0) is 30.7 Å². The molecular formula is C12H14F2N4. The van der Waals surface area contributed by atoms with Gasteiger partial charge in [0.1, 0.15) is 0 Å². The standard InChI is InChI=1S/C12H14F2N4/c1-2-15-11(12-7-16-18-17-12)6-8-3-4-9(13)10(14)5-8/h3-5,7,11,15H,2,6H2,1H3,(H,16,17,18). The summed E-state index contributed by atoms with van der Waals surface area (Å²) in [6, 6.07) is 3.85. The monoisotopic (exact) mass is 252 g/mol. The molecule has 0 aliphatic carbocycles. The Hall–Kier alpha value is -1.82. The first kappa shape index (κ1) is 12.6. The summed E-state index contributed by atoms with van der Waals surface area (Å²) in [7, 11) is 0. The van der Waals surface area contributed by atoms with E-state index in [-0.39, 0.29) is 6.04 Å². The zero-order chi connectivity index (χ0) is 13.0. The van der Waals surface area contributed by atoms with Gasteiger partial charge in [-0.3, -0.25) is 0 Å². The van der Waals surface area contributed by atoms with Crippen LogP contribution in [0.4, 0.5) is 8.78 Å². The first-order valence-electron chi connectivity index (χ1n) is 5.73. The van der Waals surface area contributed by atoms with Crippen LogP contribution < -0.4 is 5.32 Å². The second-order valence-corrected chi connectivity index (χ2v) is 3.96. The van der Waals surface area contributed by atoms with Crippen LogP contribution in [-0.2, 0) is 6.42 Å². The SMILES string of the molecule is CCNC(Cc1ccc(F)c(F)c1)c1cn[nH]n1. The number of H-pyrrole nitrogens is 1. The van der Waals surface area contributed by atoms with Crippen LogP contribution in [0.2, 0.25) is 0 Å². The highest BCUT2D eigenvalue weighted by Gasteiger charge is 2.14. The molecule has 18 heavy (non-hydrogen) atoms. The average molecular weight is 252 g/mol. The molecular weight excluding hydrogens is 238 g/mol. The lowest BCUT2D eigenvalue weighted by molar-refractivity contribution is 0.501. The summed E-state index contributed by atoms with van der Waals surface area (Å²) in [6.45, 7) is 2.72. The second kappa shape index (κ2) is 5.68. The van der Waals surface area contributed by atoms with Crippen molar-refractivity contribution in [3.05, 3.63) is 47.3 Å². The molecule has 96 valence electrons. The molecule has 0 radical (unpaired) electrons. The number of rotatable bonds is 5. The Morgan fingerprint density at radius 2 is 2.17 bits per heavy atom. The minimum absolute atomic E-state index is 0.0707. The molecule has 0 aliphatic heterocycles. The van der Waals surface area contributed by atoms with Gasteiger partial charge in [-0.25, -0.2) is 8.78 Å². The van der Waals surface area contributed by atoms with Crippen LogP contribution >= 0.6 is 0 Å². The fraction of sp³-hybridized carbons (Fsp3) is 0.333. The Balaban J connectivity index is 2.16. The molecule has 6 heteroatoms. The number of likely N-dealkylation sites (N-methyl/N-ethyl adjacent to an activating group) is 1. The third-order valence-corrected chi connectivity index (χ3v) is 2.67. The number of hydrogen-bond donors (Lipinski definition) is 2. The molecule has 0 aliphatic rings. The van der Waals surface area contributed by atoms with E-state index < -0.39 is 11.6 Å². The van der Waals surface area contributed by atoms with Crippen LogP contribution in [0.3, 0.4) is 0 Å². The lowest BCUT2D eigenvalue weighted by atomic mass is 10.0. The van der Waals surface area contributed by atoms with Gasteiger partial charge in [-0.15, -0.1) is 0 Å². The summed E-state index contributed by atoms with van der Waals surface area (Å²) < 4.78 is 26.0. The highest BCUT2D eigenvalue weighted by atomic mass is 19.2. The van der Waals surface area contributed by atoms with Crippen molar-refractivity contribution in [2.45, 2.75) is 19.4 Å². The van der Waals surface area contributed by atoms with Gasteiger partial charge in [0.2, 0.25) is 0 Å². The van der Waals surface area contributed by atoms with Crippen LogP contribution in [0, 0.1) is 11.6 Å². The number of halogens is 2. The average Bonchev–Trinajstić information content (AvgIpc) is 2.87. The predicted octanol–water partition coefficient (Wildman–Crippen LogP) is 1.98. The topological polar surface area (TPSA) is 53.6 Å².